The molecular weight excluding hydrogens is 584 g/mol. The van der Waals surface area contributed by atoms with E-state index in [1.807, 2.05) is 6.07 Å². The molecule has 6 N–H and O–H groups in total. The fourth-order valence-corrected chi connectivity index (χ4v) is 5.28. The Hall–Kier alpha value is -4.08. The lowest BCUT2D eigenvalue weighted by molar-refractivity contribution is -0.127. The molecule has 1 unspecified atom stereocenters. The molecular formula is C36H54N4O6. The van der Waals surface area contributed by atoms with Crippen LogP contribution < -0.4 is 21.7 Å². The molecule has 2 aromatic carbocycles. The van der Waals surface area contributed by atoms with Crippen LogP contribution in [0, 0.1) is 5.92 Å². The fraction of sp³-hybridized carbons (Fsp3) is 0.556. The van der Waals surface area contributed by atoms with Crippen LogP contribution in [0.5, 0.6) is 11.5 Å². The zero-order chi connectivity index (χ0) is 33.7. The quantitative estimate of drug-likeness (QED) is 0.0714. The number of rotatable bonds is 20. The number of phenols is 2. The molecule has 0 saturated carbocycles. The lowest BCUT2D eigenvalue weighted by Crippen LogP contribution is -2.44. The van der Waals surface area contributed by atoms with Crippen molar-refractivity contribution >= 4 is 23.6 Å². The van der Waals surface area contributed by atoms with Crippen LogP contribution in [0.1, 0.15) is 143 Å². The standard InChI is InChI=1S/C36H54N4O6/c1-4-7-10-13-17-28(34(44)38-40-36(46)30-23-21-27(25-32(30)42)16-12-9-6-3)18-14-19-33(43)37-39-35(45)29-22-20-26(24-31(29)41)15-11-8-5-2/h20-25,28,41-42H,4-19H2,1-3H3,(H,37,43)(H,38,44)(H,39,45)(H,40,46). The SMILES string of the molecule is CCCCCCC(CCCC(=O)NNC(=O)c1ccc(CCCCC)cc1O)C(=O)NNC(=O)c1ccc(CCCCC)cc1O. The molecule has 0 saturated heterocycles. The highest BCUT2D eigenvalue weighted by Crippen LogP contribution is 2.22. The first-order valence-electron chi connectivity index (χ1n) is 17.0. The summed E-state index contributed by atoms with van der Waals surface area (Å²) in [5.74, 6) is -2.71. The highest BCUT2D eigenvalue weighted by Gasteiger charge is 2.21. The van der Waals surface area contributed by atoms with Crippen LogP contribution in [0.3, 0.4) is 0 Å². The molecule has 1 atom stereocenters. The topological polar surface area (TPSA) is 157 Å². The summed E-state index contributed by atoms with van der Waals surface area (Å²) in [6, 6.07) is 9.88. The normalized spacial score (nSPS) is 11.5. The van der Waals surface area contributed by atoms with Crippen LogP contribution in [0.15, 0.2) is 36.4 Å². The molecule has 0 bridgehead atoms. The third kappa shape index (κ3) is 13.9. The molecule has 2 aromatic rings. The third-order valence-electron chi connectivity index (χ3n) is 8.10. The van der Waals surface area contributed by atoms with Gasteiger partial charge in [0.2, 0.25) is 11.8 Å². The van der Waals surface area contributed by atoms with Gasteiger partial charge >= 0.3 is 0 Å². The summed E-state index contributed by atoms with van der Waals surface area (Å²) in [5.41, 5.74) is 11.7. The lowest BCUT2D eigenvalue weighted by atomic mass is 9.94. The smallest absolute Gasteiger partial charge is 0.273 e. The van der Waals surface area contributed by atoms with Gasteiger partial charge in [-0.3, -0.25) is 40.9 Å². The number of amides is 4. The molecule has 0 radical (unpaired) electrons. The van der Waals surface area contributed by atoms with Gasteiger partial charge in [-0.1, -0.05) is 84.3 Å². The predicted molar refractivity (Wildman–Crippen MR) is 180 cm³/mol. The van der Waals surface area contributed by atoms with Gasteiger partial charge in [-0.25, -0.2) is 0 Å². The Balaban J connectivity index is 1.85. The minimum Gasteiger partial charge on any atom is -0.507 e. The maximum atomic E-state index is 13.0. The molecule has 46 heavy (non-hydrogen) atoms. The molecule has 10 nitrogen and oxygen atoms in total. The number of phenolic OH excluding ortho intramolecular Hbond substituents is 2. The van der Waals surface area contributed by atoms with E-state index in [4.69, 9.17) is 0 Å². The Kier molecular flexibility index (Phi) is 17.9. The minimum atomic E-state index is -0.618. The zero-order valence-corrected chi connectivity index (χ0v) is 27.9. The highest BCUT2D eigenvalue weighted by molar-refractivity contribution is 5.98. The number of carbonyl (C=O) groups is 4. The first kappa shape index (κ1) is 38.1. The van der Waals surface area contributed by atoms with Gasteiger partial charge in [-0.05, 0) is 80.3 Å². The molecule has 0 aliphatic heterocycles. The number of benzene rings is 2. The molecule has 2 rings (SSSR count). The second-order valence-electron chi connectivity index (χ2n) is 12.0. The molecule has 0 heterocycles. The second-order valence-corrected chi connectivity index (χ2v) is 12.0. The number of aryl methyl sites for hydroxylation is 2. The van der Waals surface area contributed by atoms with Crippen LogP contribution >= 0.6 is 0 Å². The van der Waals surface area contributed by atoms with Gasteiger partial charge in [-0.2, -0.15) is 0 Å². The van der Waals surface area contributed by atoms with Gasteiger partial charge in [0.15, 0.2) is 0 Å². The van der Waals surface area contributed by atoms with Crippen LogP contribution in [-0.4, -0.2) is 33.8 Å². The van der Waals surface area contributed by atoms with E-state index >= 15 is 0 Å². The number of hydrogen-bond acceptors (Lipinski definition) is 6. The van der Waals surface area contributed by atoms with Crippen LogP contribution in [0.4, 0.5) is 0 Å². The van der Waals surface area contributed by atoms with Crippen molar-refractivity contribution in [1.82, 2.24) is 21.7 Å². The molecule has 4 amide bonds. The average molecular weight is 639 g/mol. The zero-order valence-electron chi connectivity index (χ0n) is 27.9. The first-order chi connectivity index (χ1) is 22.2. The summed E-state index contributed by atoms with van der Waals surface area (Å²) in [6.07, 6.45) is 13.4. The van der Waals surface area contributed by atoms with E-state index in [-0.39, 0.29) is 35.0 Å². The fourth-order valence-electron chi connectivity index (χ4n) is 5.28. The van der Waals surface area contributed by atoms with Gasteiger partial charge < -0.3 is 10.2 Å². The Morgan fingerprint density at radius 1 is 0.587 bits per heavy atom. The second kappa shape index (κ2) is 21.6. The maximum absolute atomic E-state index is 13.0. The van der Waals surface area contributed by atoms with Gasteiger partial charge in [0.1, 0.15) is 11.5 Å². The summed E-state index contributed by atoms with van der Waals surface area (Å²) in [4.78, 5) is 50.7. The molecule has 0 aliphatic carbocycles. The monoisotopic (exact) mass is 638 g/mol. The number of unbranched alkanes of at least 4 members (excludes halogenated alkanes) is 7. The van der Waals surface area contributed by atoms with Gasteiger partial charge in [0.25, 0.3) is 11.8 Å². The summed E-state index contributed by atoms with van der Waals surface area (Å²) < 4.78 is 0. The number of hydrazine groups is 2. The van der Waals surface area contributed by atoms with Crippen molar-refractivity contribution in [3.8, 4) is 11.5 Å². The maximum Gasteiger partial charge on any atom is 0.273 e. The Bertz CT molecular complexity index is 1270. The summed E-state index contributed by atoms with van der Waals surface area (Å²) in [5, 5.41) is 20.7. The number of hydrogen-bond donors (Lipinski definition) is 6. The Labute approximate surface area is 274 Å². The minimum absolute atomic E-state index is 0.0710. The predicted octanol–water partition coefficient (Wildman–Crippen LogP) is 6.54. The van der Waals surface area contributed by atoms with Gasteiger partial charge in [0.05, 0.1) is 11.1 Å². The average Bonchev–Trinajstić information content (AvgIpc) is 3.04. The van der Waals surface area contributed by atoms with E-state index in [1.165, 1.54) is 0 Å². The van der Waals surface area contributed by atoms with Crippen molar-refractivity contribution in [2.45, 2.75) is 124 Å². The molecule has 254 valence electrons. The van der Waals surface area contributed by atoms with Crippen LogP contribution in [0.2, 0.25) is 0 Å². The first-order valence-corrected chi connectivity index (χ1v) is 17.0. The van der Waals surface area contributed by atoms with Crippen molar-refractivity contribution in [1.29, 1.82) is 0 Å². The van der Waals surface area contributed by atoms with Crippen molar-refractivity contribution in [2.24, 2.45) is 5.92 Å². The van der Waals surface area contributed by atoms with Crippen molar-refractivity contribution < 1.29 is 29.4 Å². The number of aromatic hydroxyl groups is 2. The van der Waals surface area contributed by atoms with Crippen LogP contribution in [0.25, 0.3) is 0 Å². The van der Waals surface area contributed by atoms with Crippen molar-refractivity contribution in [3.05, 3.63) is 58.7 Å². The lowest BCUT2D eigenvalue weighted by Gasteiger charge is -2.17. The van der Waals surface area contributed by atoms with E-state index in [0.717, 1.165) is 88.2 Å². The molecule has 0 aliphatic rings. The molecule has 0 fully saturated rings. The van der Waals surface area contributed by atoms with E-state index in [9.17, 15) is 29.4 Å². The van der Waals surface area contributed by atoms with Crippen LogP contribution in [-0.2, 0) is 22.4 Å². The summed E-state index contributed by atoms with van der Waals surface area (Å²) >= 11 is 0. The highest BCUT2D eigenvalue weighted by atomic mass is 16.3. The van der Waals surface area contributed by atoms with Gasteiger partial charge in [0, 0.05) is 12.3 Å². The van der Waals surface area contributed by atoms with E-state index in [1.54, 1.807) is 30.3 Å². The molecule has 0 spiro atoms. The van der Waals surface area contributed by atoms with Gasteiger partial charge in [-0.15, -0.1) is 0 Å². The number of carbonyl (C=O) groups excluding carboxylic acids is 4. The Morgan fingerprint density at radius 2 is 1.07 bits per heavy atom. The third-order valence-corrected chi connectivity index (χ3v) is 8.10. The van der Waals surface area contributed by atoms with E-state index in [0.29, 0.717) is 19.3 Å². The largest absolute Gasteiger partial charge is 0.507 e. The molecule has 0 aromatic heterocycles. The number of nitrogens with one attached hydrogen (secondary N) is 4. The summed E-state index contributed by atoms with van der Waals surface area (Å²) in [6.45, 7) is 6.35. The molecule has 10 heteroatoms. The van der Waals surface area contributed by atoms with Crippen molar-refractivity contribution in [2.75, 3.05) is 0 Å². The van der Waals surface area contributed by atoms with E-state index < -0.39 is 23.6 Å². The summed E-state index contributed by atoms with van der Waals surface area (Å²) in [7, 11) is 0. The van der Waals surface area contributed by atoms with Crippen molar-refractivity contribution in [3.63, 3.8) is 0 Å². The van der Waals surface area contributed by atoms with E-state index in [2.05, 4.69) is 42.5 Å². The Morgan fingerprint density at radius 3 is 1.57 bits per heavy atom.